The van der Waals surface area contributed by atoms with Crippen LogP contribution >= 0.6 is 0 Å². The van der Waals surface area contributed by atoms with E-state index >= 15 is 0 Å². The average Bonchev–Trinajstić information content (AvgIpc) is 2.97. The van der Waals surface area contributed by atoms with Gasteiger partial charge < -0.3 is 4.43 Å². The van der Waals surface area contributed by atoms with E-state index < -0.39 is 8.32 Å². The van der Waals surface area contributed by atoms with Crippen molar-refractivity contribution in [2.75, 3.05) is 0 Å². The average molecular weight is 417 g/mol. The molecule has 2 heteroatoms. The predicted molar refractivity (Wildman–Crippen MR) is 128 cm³/mol. The van der Waals surface area contributed by atoms with E-state index in [0.29, 0.717) is 22.0 Å². The summed E-state index contributed by atoms with van der Waals surface area (Å²) in [5, 5.41) is 0.326. The quantitative estimate of drug-likeness (QED) is 0.324. The molecule has 0 N–H and O–H groups in total. The monoisotopic (exact) mass is 416 g/mol. The second-order valence-electron chi connectivity index (χ2n) is 13.2. The van der Waals surface area contributed by atoms with E-state index in [1.807, 2.05) is 0 Å². The summed E-state index contributed by atoms with van der Waals surface area (Å²) in [6.45, 7) is 19.7. The molecule has 4 aliphatic carbocycles. The van der Waals surface area contributed by atoms with Gasteiger partial charge in [0.25, 0.3) is 0 Å². The standard InChI is InChI=1S/C27H48OSi/c1-9-19-11-13-23-22-12-10-20-18-21(28-29(7,8)25(2,3)4)14-16-27(20,6)24(22)15-17-26(19,23)5/h9,20-24H,10-18H2,1-8H3/t20-,21-,22-,23-,24-,26+,27-/m0/s1. The van der Waals surface area contributed by atoms with Crippen molar-refractivity contribution in [2.24, 2.45) is 34.5 Å². The highest BCUT2D eigenvalue weighted by atomic mass is 28.4. The molecule has 0 radical (unpaired) electrons. The summed E-state index contributed by atoms with van der Waals surface area (Å²) in [6, 6.07) is 0. The second kappa shape index (κ2) is 7.22. The maximum Gasteiger partial charge on any atom is 0.192 e. The van der Waals surface area contributed by atoms with Gasteiger partial charge in [-0.25, -0.2) is 0 Å². The van der Waals surface area contributed by atoms with Crippen LogP contribution < -0.4 is 0 Å². The fourth-order valence-corrected chi connectivity index (χ4v) is 9.64. The fraction of sp³-hybridized carbons (Fsp3) is 0.926. The topological polar surface area (TPSA) is 9.23 Å². The van der Waals surface area contributed by atoms with Crippen molar-refractivity contribution < 1.29 is 4.43 Å². The molecule has 166 valence electrons. The fourth-order valence-electron chi connectivity index (χ4n) is 8.24. The Morgan fingerprint density at radius 3 is 2.34 bits per heavy atom. The van der Waals surface area contributed by atoms with Gasteiger partial charge in [0.15, 0.2) is 8.32 Å². The zero-order chi connectivity index (χ0) is 21.2. The molecule has 4 fully saturated rings. The zero-order valence-electron chi connectivity index (χ0n) is 20.7. The maximum atomic E-state index is 6.92. The van der Waals surface area contributed by atoms with E-state index in [4.69, 9.17) is 4.43 Å². The Labute approximate surface area is 182 Å². The summed E-state index contributed by atoms with van der Waals surface area (Å²) < 4.78 is 6.92. The van der Waals surface area contributed by atoms with Gasteiger partial charge in [-0.2, -0.15) is 0 Å². The molecule has 0 saturated heterocycles. The van der Waals surface area contributed by atoms with E-state index in [1.54, 1.807) is 5.57 Å². The van der Waals surface area contributed by atoms with Crippen LogP contribution in [0.5, 0.6) is 0 Å². The van der Waals surface area contributed by atoms with Crippen LogP contribution in [0.1, 0.15) is 99.3 Å². The molecule has 0 aromatic rings. The number of rotatable bonds is 2. The van der Waals surface area contributed by atoms with Gasteiger partial charge in [0.05, 0.1) is 0 Å². The summed E-state index contributed by atoms with van der Waals surface area (Å²) in [5.74, 6) is 3.83. The van der Waals surface area contributed by atoms with Crippen molar-refractivity contribution in [2.45, 2.75) is 124 Å². The van der Waals surface area contributed by atoms with Gasteiger partial charge in [-0.3, -0.25) is 0 Å². The molecule has 1 nitrogen and oxygen atoms in total. The van der Waals surface area contributed by atoms with Gasteiger partial charge in [-0.1, -0.05) is 46.3 Å². The summed E-state index contributed by atoms with van der Waals surface area (Å²) in [4.78, 5) is 0. The van der Waals surface area contributed by atoms with Gasteiger partial charge in [-0.15, -0.1) is 0 Å². The Hall–Kier alpha value is -0.0831. The number of allylic oxidation sites excluding steroid dienone is 2. The molecule has 29 heavy (non-hydrogen) atoms. The lowest BCUT2D eigenvalue weighted by molar-refractivity contribution is -0.114. The third kappa shape index (κ3) is 3.43. The lowest BCUT2D eigenvalue weighted by atomic mass is 9.45. The van der Waals surface area contributed by atoms with Crippen LogP contribution in [0.4, 0.5) is 0 Å². The van der Waals surface area contributed by atoms with Crippen LogP contribution in [0.15, 0.2) is 11.6 Å². The lowest BCUT2D eigenvalue weighted by Crippen LogP contribution is -2.54. The Balaban J connectivity index is 1.49. The van der Waals surface area contributed by atoms with Crippen molar-refractivity contribution >= 4 is 8.32 Å². The Morgan fingerprint density at radius 2 is 1.69 bits per heavy atom. The summed E-state index contributed by atoms with van der Waals surface area (Å²) in [7, 11) is -1.65. The minimum Gasteiger partial charge on any atom is -0.414 e. The summed E-state index contributed by atoms with van der Waals surface area (Å²) in [6.07, 6.45) is 15.8. The maximum absolute atomic E-state index is 6.92. The highest BCUT2D eigenvalue weighted by molar-refractivity contribution is 6.74. The zero-order valence-corrected chi connectivity index (χ0v) is 21.7. The number of fused-ring (bicyclic) bond motifs is 5. The smallest absolute Gasteiger partial charge is 0.192 e. The Bertz CT molecular complexity index is 658. The summed E-state index contributed by atoms with van der Waals surface area (Å²) >= 11 is 0. The summed E-state index contributed by atoms with van der Waals surface area (Å²) in [5.41, 5.74) is 2.90. The van der Waals surface area contributed by atoms with Crippen molar-refractivity contribution in [1.82, 2.24) is 0 Å². The van der Waals surface area contributed by atoms with Gasteiger partial charge in [0.2, 0.25) is 0 Å². The van der Waals surface area contributed by atoms with Gasteiger partial charge in [-0.05, 0) is 117 Å². The van der Waals surface area contributed by atoms with E-state index in [-0.39, 0.29) is 0 Å². The van der Waals surface area contributed by atoms with E-state index in [2.05, 4.69) is 60.7 Å². The SMILES string of the molecule is CC=C1CC[C@H]2[C@@H]3CC[C@H]4C[C@@H](O[Si](C)(C)C(C)(C)C)CC[C@]4(C)[C@H]3CC[C@]12C. The second-order valence-corrected chi connectivity index (χ2v) is 18.0. The van der Waals surface area contributed by atoms with Crippen molar-refractivity contribution in [3.63, 3.8) is 0 Å². The van der Waals surface area contributed by atoms with Crippen LogP contribution in [0.25, 0.3) is 0 Å². The molecule has 0 aromatic carbocycles. The lowest BCUT2D eigenvalue weighted by Gasteiger charge is -2.61. The minimum absolute atomic E-state index is 0.326. The molecular formula is C27H48OSi. The Morgan fingerprint density at radius 1 is 0.966 bits per heavy atom. The van der Waals surface area contributed by atoms with Crippen LogP contribution in [-0.2, 0) is 4.43 Å². The minimum atomic E-state index is -1.65. The molecule has 0 amide bonds. The third-order valence-electron chi connectivity index (χ3n) is 11.1. The van der Waals surface area contributed by atoms with E-state index in [1.165, 1.54) is 57.8 Å². The van der Waals surface area contributed by atoms with E-state index in [0.717, 1.165) is 23.7 Å². The molecule has 4 aliphatic rings. The molecule has 4 saturated carbocycles. The first-order valence-corrected chi connectivity index (χ1v) is 15.7. The van der Waals surface area contributed by atoms with Crippen LogP contribution in [0, 0.1) is 34.5 Å². The predicted octanol–water partition coefficient (Wildman–Crippen LogP) is 8.37. The molecule has 0 aliphatic heterocycles. The highest BCUT2D eigenvalue weighted by Gasteiger charge is 2.59. The van der Waals surface area contributed by atoms with Gasteiger partial charge in [0, 0.05) is 6.10 Å². The molecule has 0 bridgehead atoms. The normalized spacial score (nSPS) is 46.9. The number of hydrogen-bond donors (Lipinski definition) is 0. The highest BCUT2D eigenvalue weighted by Crippen LogP contribution is 2.67. The molecule has 0 aromatic heterocycles. The van der Waals surface area contributed by atoms with Crippen LogP contribution in [0.3, 0.4) is 0 Å². The van der Waals surface area contributed by atoms with Crippen LogP contribution in [0.2, 0.25) is 18.1 Å². The van der Waals surface area contributed by atoms with Crippen molar-refractivity contribution in [1.29, 1.82) is 0 Å². The van der Waals surface area contributed by atoms with Gasteiger partial charge in [0.1, 0.15) is 0 Å². The van der Waals surface area contributed by atoms with Crippen molar-refractivity contribution in [3.8, 4) is 0 Å². The molecule has 0 spiro atoms. The molecular weight excluding hydrogens is 368 g/mol. The van der Waals surface area contributed by atoms with Crippen LogP contribution in [-0.4, -0.2) is 14.4 Å². The molecule has 0 unspecified atom stereocenters. The largest absolute Gasteiger partial charge is 0.414 e. The first-order valence-electron chi connectivity index (χ1n) is 12.8. The number of hydrogen-bond acceptors (Lipinski definition) is 1. The Kier molecular flexibility index (Phi) is 5.51. The molecule has 4 rings (SSSR count). The first kappa shape index (κ1) is 22.1. The van der Waals surface area contributed by atoms with E-state index in [9.17, 15) is 0 Å². The third-order valence-corrected chi connectivity index (χ3v) is 15.6. The molecule has 7 atom stereocenters. The van der Waals surface area contributed by atoms with Crippen molar-refractivity contribution in [3.05, 3.63) is 11.6 Å². The van der Waals surface area contributed by atoms with Gasteiger partial charge >= 0.3 is 0 Å². The first-order chi connectivity index (χ1) is 13.4. The molecule has 0 heterocycles.